The van der Waals surface area contributed by atoms with Gasteiger partial charge in [0.2, 0.25) is 0 Å². The normalized spacial score (nSPS) is 23.3. The minimum Gasteiger partial charge on any atom is -0.375 e. The first-order valence-electron chi connectivity index (χ1n) is 10.6. The van der Waals surface area contributed by atoms with Crippen molar-refractivity contribution in [3.63, 3.8) is 0 Å². The molecule has 1 aliphatic carbocycles. The van der Waals surface area contributed by atoms with E-state index in [4.69, 9.17) is 0 Å². The van der Waals surface area contributed by atoms with Gasteiger partial charge in [-0.3, -0.25) is 0 Å². The molecule has 1 saturated carbocycles. The minimum atomic E-state index is -0.136. The highest BCUT2D eigenvalue weighted by Gasteiger charge is 2.30. The van der Waals surface area contributed by atoms with Crippen molar-refractivity contribution in [1.29, 1.82) is 0 Å². The summed E-state index contributed by atoms with van der Waals surface area (Å²) < 4.78 is 13.1. The van der Waals surface area contributed by atoms with E-state index in [1.54, 1.807) is 12.1 Å². The molecule has 2 nitrogen and oxygen atoms in total. The number of hydrogen-bond donors (Lipinski definition) is 0. The van der Waals surface area contributed by atoms with Crippen LogP contribution >= 0.6 is 0 Å². The van der Waals surface area contributed by atoms with Gasteiger partial charge in [-0.1, -0.05) is 18.7 Å². The molecule has 3 aliphatic rings. The summed E-state index contributed by atoms with van der Waals surface area (Å²) in [4.78, 5) is 5.23. The van der Waals surface area contributed by atoms with E-state index in [0.717, 1.165) is 31.3 Å². The van der Waals surface area contributed by atoms with Gasteiger partial charge < -0.3 is 9.80 Å². The third-order valence-electron chi connectivity index (χ3n) is 6.73. The number of rotatable bonds is 6. The van der Waals surface area contributed by atoms with E-state index < -0.39 is 0 Å². The van der Waals surface area contributed by atoms with Crippen LogP contribution in [-0.2, 0) is 6.42 Å². The fourth-order valence-corrected chi connectivity index (χ4v) is 4.75. The van der Waals surface area contributed by atoms with Crippen LogP contribution in [0.15, 0.2) is 36.5 Å². The summed E-state index contributed by atoms with van der Waals surface area (Å²) in [6, 6.07) is 7.05. The SMILES string of the molecule is C=C(C1CCN(CC2CC2)CC1)N1CCC(Cc2ccc(F)cc2)CC1. The molecule has 3 fully saturated rings. The van der Waals surface area contributed by atoms with E-state index in [-0.39, 0.29) is 5.82 Å². The van der Waals surface area contributed by atoms with Crippen LogP contribution in [0.1, 0.15) is 44.1 Å². The molecule has 0 amide bonds. The summed E-state index contributed by atoms with van der Waals surface area (Å²) in [7, 11) is 0. The second-order valence-corrected chi connectivity index (χ2v) is 8.77. The maximum atomic E-state index is 13.1. The molecule has 1 aromatic carbocycles. The van der Waals surface area contributed by atoms with Gasteiger partial charge in [0.1, 0.15) is 5.82 Å². The number of piperidine rings is 2. The summed E-state index contributed by atoms with van der Waals surface area (Å²) in [5, 5.41) is 0. The Morgan fingerprint density at radius 1 is 0.885 bits per heavy atom. The van der Waals surface area contributed by atoms with Crippen molar-refractivity contribution in [1.82, 2.24) is 9.80 Å². The highest BCUT2D eigenvalue weighted by atomic mass is 19.1. The molecular weight excluding hydrogens is 323 g/mol. The molecule has 0 radical (unpaired) electrons. The Balaban J connectivity index is 1.20. The van der Waals surface area contributed by atoms with Crippen molar-refractivity contribution in [2.45, 2.75) is 44.9 Å². The molecule has 2 saturated heterocycles. The zero-order valence-electron chi connectivity index (χ0n) is 16.0. The predicted molar refractivity (Wildman–Crippen MR) is 105 cm³/mol. The topological polar surface area (TPSA) is 6.48 Å². The van der Waals surface area contributed by atoms with Crippen LogP contribution in [0.5, 0.6) is 0 Å². The molecule has 0 bridgehead atoms. The predicted octanol–water partition coefficient (Wildman–Crippen LogP) is 4.72. The lowest BCUT2D eigenvalue weighted by Gasteiger charge is -2.40. The number of hydrogen-bond acceptors (Lipinski definition) is 2. The van der Waals surface area contributed by atoms with Gasteiger partial charge in [-0.2, -0.15) is 0 Å². The van der Waals surface area contributed by atoms with Crippen molar-refractivity contribution < 1.29 is 4.39 Å². The fourth-order valence-electron chi connectivity index (χ4n) is 4.75. The average Bonchev–Trinajstić information content (AvgIpc) is 3.48. The van der Waals surface area contributed by atoms with E-state index in [0.29, 0.717) is 5.92 Å². The molecule has 0 spiro atoms. The summed E-state index contributed by atoms with van der Waals surface area (Å²) in [6.07, 6.45) is 9.05. The Kier molecular flexibility index (Phi) is 5.63. The monoisotopic (exact) mass is 356 g/mol. The van der Waals surface area contributed by atoms with E-state index in [9.17, 15) is 4.39 Å². The van der Waals surface area contributed by atoms with Crippen LogP contribution in [0.25, 0.3) is 0 Å². The molecule has 0 aromatic heterocycles. The quantitative estimate of drug-likeness (QED) is 0.728. The summed E-state index contributed by atoms with van der Waals surface area (Å²) in [6.45, 7) is 10.6. The average molecular weight is 357 g/mol. The Morgan fingerprint density at radius 2 is 1.54 bits per heavy atom. The maximum Gasteiger partial charge on any atom is 0.123 e. The third-order valence-corrected chi connectivity index (χ3v) is 6.73. The fraction of sp³-hybridized carbons (Fsp3) is 0.652. The Morgan fingerprint density at radius 3 is 2.15 bits per heavy atom. The summed E-state index contributed by atoms with van der Waals surface area (Å²) in [5.74, 6) is 2.29. The van der Waals surface area contributed by atoms with E-state index in [1.807, 2.05) is 12.1 Å². The lowest BCUT2D eigenvalue weighted by atomic mass is 9.87. The van der Waals surface area contributed by atoms with Gasteiger partial charge in [-0.25, -0.2) is 4.39 Å². The molecule has 1 aromatic rings. The van der Waals surface area contributed by atoms with Gasteiger partial charge in [0, 0.05) is 31.2 Å². The number of halogens is 1. The first kappa shape index (κ1) is 18.0. The van der Waals surface area contributed by atoms with Crippen LogP contribution in [0.3, 0.4) is 0 Å². The molecule has 0 N–H and O–H groups in total. The highest BCUT2D eigenvalue weighted by molar-refractivity contribution is 5.17. The first-order valence-corrected chi connectivity index (χ1v) is 10.6. The van der Waals surface area contributed by atoms with Gasteiger partial charge >= 0.3 is 0 Å². The standard InChI is InChI=1S/C23H33FN2/c1-18(22-10-12-25(13-11-22)17-21-2-3-21)26-14-8-20(9-15-26)16-19-4-6-23(24)7-5-19/h4-7,20-22H,1-3,8-17H2. The first-order chi connectivity index (χ1) is 12.7. The van der Waals surface area contributed by atoms with E-state index >= 15 is 0 Å². The lowest BCUT2D eigenvalue weighted by molar-refractivity contribution is 0.154. The van der Waals surface area contributed by atoms with Gasteiger partial charge in [-0.05, 0) is 87.6 Å². The molecule has 0 unspecified atom stereocenters. The smallest absolute Gasteiger partial charge is 0.123 e. The molecule has 2 heterocycles. The number of nitrogens with zero attached hydrogens (tertiary/aromatic N) is 2. The van der Waals surface area contributed by atoms with Crippen molar-refractivity contribution in [3.8, 4) is 0 Å². The third kappa shape index (κ3) is 4.68. The minimum absolute atomic E-state index is 0.136. The van der Waals surface area contributed by atoms with E-state index in [2.05, 4.69) is 16.4 Å². The molecule has 26 heavy (non-hydrogen) atoms. The Hall–Kier alpha value is -1.35. The highest BCUT2D eigenvalue weighted by Crippen LogP contribution is 2.33. The Labute approximate surface area is 158 Å². The molecular formula is C23H33FN2. The maximum absolute atomic E-state index is 13.1. The largest absolute Gasteiger partial charge is 0.375 e. The van der Waals surface area contributed by atoms with Crippen molar-refractivity contribution in [2.24, 2.45) is 17.8 Å². The molecule has 0 atom stereocenters. The summed E-state index contributed by atoms with van der Waals surface area (Å²) in [5.41, 5.74) is 2.67. The van der Waals surface area contributed by atoms with Gasteiger partial charge in [0.05, 0.1) is 0 Å². The Bertz CT molecular complexity index is 591. The van der Waals surface area contributed by atoms with Crippen LogP contribution in [-0.4, -0.2) is 42.5 Å². The molecule has 2 aliphatic heterocycles. The lowest BCUT2D eigenvalue weighted by Crippen LogP contribution is -2.40. The van der Waals surface area contributed by atoms with E-state index in [1.165, 1.54) is 69.4 Å². The van der Waals surface area contributed by atoms with Crippen LogP contribution < -0.4 is 0 Å². The summed E-state index contributed by atoms with van der Waals surface area (Å²) >= 11 is 0. The van der Waals surface area contributed by atoms with Gasteiger partial charge in [0.25, 0.3) is 0 Å². The molecule has 142 valence electrons. The van der Waals surface area contributed by atoms with Crippen molar-refractivity contribution >= 4 is 0 Å². The van der Waals surface area contributed by atoms with Crippen molar-refractivity contribution in [2.75, 3.05) is 32.7 Å². The molecule has 3 heteroatoms. The second kappa shape index (κ2) is 8.12. The van der Waals surface area contributed by atoms with Gasteiger partial charge in [0.15, 0.2) is 0 Å². The molecule has 4 rings (SSSR count). The van der Waals surface area contributed by atoms with Crippen molar-refractivity contribution in [3.05, 3.63) is 47.9 Å². The number of likely N-dealkylation sites (tertiary alicyclic amines) is 2. The van der Waals surface area contributed by atoms with Crippen LogP contribution in [0.2, 0.25) is 0 Å². The number of benzene rings is 1. The van der Waals surface area contributed by atoms with Gasteiger partial charge in [-0.15, -0.1) is 0 Å². The zero-order chi connectivity index (χ0) is 17.9. The number of allylic oxidation sites excluding steroid dienone is 1. The van der Waals surface area contributed by atoms with Crippen LogP contribution in [0, 0.1) is 23.6 Å². The zero-order valence-corrected chi connectivity index (χ0v) is 16.0. The van der Waals surface area contributed by atoms with Crippen LogP contribution in [0.4, 0.5) is 4.39 Å². The second-order valence-electron chi connectivity index (χ2n) is 8.77.